The SMILES string of the molecule is CN=C(NCCCOCC1CCCO1)NCc1ccc(OCC(F)(F)F)nc1.I. The molecular weight excluding hydrogens is 504 g/mol. The number of hydrogen-bond acceptors (Lipinski definition) is 5. The van der Waals surface area contributed by atoms with Crippen LogP contribution in [0, 0.1) is 0 Å². The molecule has 0 aromatic carbocycles. The Kier molecular flexibility index (Phi) is 12.2. The largest absolute Gasteiger partial charge is 0.468 e. The lowest BCUT2D eigenvalue weighted by Gasteiger charge is -2.13. The Morgan fingerprint density at radius 1 is 1.34 bits per heavy atom. The van der Waals surface area contributed by atoms with Gasteiger partial charge in [-0.2, -0.15) is 13.2 Å². The third-order valence-electron chi connectivity index (χ3n) is 3.95. The van der Waals surface area contributed by atoms with Gasteiger partial charge in [0.2, 0.25) is 5.88 Å². The standard InChI is InChI=1S/C18H27F3N4O3.HI/c1-22-17(23-7-3-8-26-12-15-4-2-9-27-15)25-11-14-5-6-16(24-10-14)28-13-18(19,20)21;/h5-6,10,15H,2-4,7-9,11-13H2,1H3,(H2,22,23,25);1H. The molecule has 1 saturated heterocycles. The van der Waals surface area contributed by atoms with E-state index in [9.17, 15) is 13.2 Å². The normalized spacial score (nSPS) is 17.0. The summed E-state index contributed by atoms with van der Waals surface area (Å²) >= 11 is 0. The number of pyridine rings is 1. The number of aliphatic imine (C=N–C) groups is 1. The number of hydrogen-bond donors (Lipinski definition) is 2. The summed E-state index contributed by atoms with van der Waals surface area (Å²) in [5.41, 5.74) is 0.794. The second-order valence-corrected chi connectivity index (χ2v) is 6.32. The first-order valence-corrected chi connectivity index (χ1v) is 9.24. The predicted octanol–water partition coefficient (Wildman–Crippen LogP) is 2.89. The number of nitrogens with zero attached hydrogens (tertiary/aromatic N) is 2. The number of halogens is 4. The molecule has 0 amide bonds. The van der Waals surface area contributed by atoms with Gasteiger partial charge in [0, 0.05) is 45.6 Å². The fourth-order valence-corrected chi connectivity index (χ4v) is 2.53. The quantitative estimate of drug-likeness (QED) is 0.209. The van der Waals surface area contributed by atoms with Crippen LogP contribution in [0.4, 0.5) is 13.2 Å². The molecule has 2 heterocycles. The third-order valence-corrected chi connectivity index (χ3v) is 3.95. The topological polar surface area (TPSA) is 77.0 Å². The summed E-state index contributed by atoms with van der Waals surface area (Å²) in [5, 5.41) is 6.29. The molecule has 1 atom stereocenters. The molecule has 1 unspecified atom stereocenters. The van der Waals surface area contributed by atoms with Gasteiger partial charge in [-0.3, -0.25) is 4.99 Å². The fourth-order valence-electron chi connectivity index (χ4n) is 2.53. The van der Waals surface area contributed by atoms with Gasteiger partial charge in [0.15, 0.2) is 12.6 Å². The number of aromatic nitrogens is 1. The lowest BCUT2D eigenvalue weighted by molar-refractivity contribution is -0.154. The zero-order valence-electron chi connectivity index (χ0n) is 16.3. The minimum Gasteiger partial charge on any atom is -0.468 e. The van der Waals surface area contributed by atoms with E-state index < -0.39 is 12.8 Å². The van der Waals surface area contributed by atoms with Gasteiger partial charge in [-0.15, -0.1) is 24.0 Å². The summed E-state index contributed by atoms with van der Waals surface area (Å²) in [5.74, 6) is 0.558. The first kappa shape index (κ1) is 25.7. The van der Waals surface area contributed by atoms with Crippen molar-refractivity contribution in [3.05, 3.63) is 23.9 Å². The lowest BCUT2D eigenvalue weighted by Crippen LogP contribution is -2.37. The minimum absolute atomic E-state index is 0. The molecule has 0 aliphatic carbocycles. The summed E-state index contributed by atoms with van der Waals surface area (Å²) in [4.78, 5) is 7.99. The first-order chi connectivity index (χ1) is 13.5. The van der Waals surface area contributed by atoms with Crippen molar-refractivity contribution in [1.82, 2.24) is 15.6 Å². The monoisotopic (exact) mass is 532 g/mol. The van der Waals surface area contributed by atoms with Crippen molar-refractivity contribution in [2.45, 2.75) is 38.1 Å². The molecule has 2 rings (SSSR count). The molecule has 1 fully saturated rings. The van der Waals surface area contributed by atoms with Crippen molar-refractivity contribution < 1.29 is 27.4 Å². The predicted molar refractivity (Wildman–Crippen MR) is 114 cm³/mol. The van der Waals surface area contributed by atoms with Crippen LogP contribution in [0.3, 0.4) is 0 Å². The van der Waals surface area contributed by atoms with Crippen LogP contribution >= 0.6 is 24.0 Å². The molecule has 1 aliphatic rings. The van der Waals surface area contributed by atoms with Crippen molar-refractivity contribution in [2.75, 3.05) is 40.0 Å². The Bertz CT molecular complexity index is 597. The van der Waals surface area contributed by atoms with Gasteiger partial charge < -0.3 is 24.8 Å². The van der Waals surface area contributed by atoms with Gasteiger partial charge in [0.1, 0.15) is 0 Å². The van der Waals surface area contributed by atoms with E-state index >= 15 is 0 Å². The van der Waals surface area contributed by atoms with Gasteiger partial charge in [0.05, 0.1) is 12.7 Å². The number of rotatable bonds is 10. The Morgan fingerprint density at radius 3 is 2.79 bits per heavy atom. The van der Waals surface area contributed by atoms with Crippen molar-refractivity contribution in [1.29, 1.82) is 0 Å². The number of guanidine groups is 1. The molecule has 11 heteroatoms. The van der Waals surface area contributed by atoms with Crippen molar-refractivity contribution >= 4 is 29.9 Å². The highest BCUT2D eigenvalue weighted by atomic mass is 127. The van der Waals surface area contributed by atoms with Crippen LogP contribution in [0.2, 0.25) is 0 Å². The van der Waals surface area contributed by atoms with Crippen LogP contribution in [-0.2, 0) is 16.0 Å². The summed E-state index contributed by atoms with van der Waals surface area (Å²) in [7, 11) is 1.66. The third kappa shape index (κ3) is 11.4. The second-order valence-electron chi connectivity index (χ2n) is 6.32. The van der Waals surface area contributed by atoms with Crippen LogP contribution in [0.5, 0.6) is 5.88 Å². The van der Waals surface area contributed by atoms with E-state index in [1.807, 2.05) is 0 Å². The van der Waals surface area contributed by atoms with Crippen molar-refractivity contribution in [3.63, 3.8) is 0 Å². The molecule has 1 aromatic heterocycles. The van der Waals surface area contributed by atoms with Gasteiger partial charge in [-0.1, -0.05) is 6.07 Å². The average Bonchev–Trinajstić information content (AvgIpc) is 3.19. The van der Waals surface area contributed by atoms with Crippen molar-refractivity contribution in [3.8, 4) is 5.88 Å². The van der Waals surface area contributed by atoms with E-state index in [2.05, 4.69) is 25.3 Å². The van der Waals surface area contributed by atoms with Gasteiger partial charge >= 0.3 is 6.18 Å². The number of alkyl halides is 3. The molecule has 1 aliphatic heterocycles. The van der Waals surface area contributed by atoms with Crippen LogP contribution in [0.1, 0.15) is 24.8 Å². The molecule has 7 nitrogen and oxygen atoms in total. The van der Waals surface area contributed by atoms with Crippen molar-refractivity contribution in [2.24, 2.45) is 4.99 Å². The molecule has 29 heavy (non-hydrogen) atoms. The molecule has 166 valence electrons. The van der Waals surface area contributed by atoms with Crippen LogP contribution in [0.15, 0.2) is 23.3 Å². The van der Waals surface area contributed by atoms with Crippen LogP contribution < -0.4 is 15.4 Å². The number of nitrogens with one attached hydrogen (secondary N) is 2. The second kappa shape index (κ2) is 13.8. The highest BCUT2D eigenvalue weighted by Gasteiger charge is 2.28. The summed E-state index contributed by atoms with van der Waals surface area (Å²) in [6.07, 6.45) is 0.331. The van der Waals surface area contributed by atoms with Crippen LogP contribution in [0.25, 0.3) is 0 Å². The summed E-state index contributed by atoms with van der Waals surface area (Å²) < 4.78 is 52.0. The molecule has 0 bridgehead atoms. The first-order valence-electron chi connectivity index (χ1n) is 9.24. The summed E-state index contributed by atoms with van der Waals surface area (Å²) in [6.45, 7) is 1.90. The van der Waals surface area contributed by atoms with Gasteiger partial charge in [0.25, 0.3) is 0 Å². The highest BCUT2D eigenvalue weighted by molar-refractivity contribution is 14.0. The fraction of sp³-hybridized carbons (Fsp3) is 0.667. The Hall–Kier alpha value is -1.34. The van der Waals surface area contributed by atoms with E-state index in [0.29, 0.717) is 32.3 Å². The molecule has 0 spiro atoms. The minimum atomic E-state index is -4.38. The Labute approximate surface area is 185 Å². The molecule has 0 saturated carbocycles. The molecule has 0 radical (unpaired) electrons. The smallest absolute Gasteiger partial charge is 0.422 e. The van der Waals surface area contributed by atoms with E-state index in [1.54, 1.807) is 13.1 Å². The Balaban J connectivity index is 0.00000420. The Morgan fingerprint density at radius 2 is 2.17 bits per heavy atom. The van der Waals surface area contributed by atoms with E-state index in [1.165, 1.54) is 12.3 Å². The average molecular weight is 532 g/mol. The van der Waals surface area contributed by atoms with E-state index in [4.69, 9.17) is 9.47 Å². The molecule has 1 aromatic rings. The zero-order valence-corrected chi connectivity index (χ0v) is 18.7. The maximum absolute atomic E-state index is 12.1. The zero-order chi connectivity index (χ0) is 20.2. The maximum Gasteiger partial charge on any atom is 0.422 e. The molecule has 2 N–H and O–H groups in total. The van der Waals surface area contributed by atoms with E-state index in [-0.39, 0.29) is 36.0 Å². The van der Waals surface area contributed by atoms with Gasteiger partial charge in [-0.05, 0) is 24.8 Å². The maximum atomic E-state index is 12.1. The number of ether oxygens (including phenoxy) is 3. The lowest BCUT2D eigenvalue weighted by atomic mass is 10.2. The summed E-state index contributed by atoms with van der Waals surface area (Å²) in [6, 6.07) is 3.06. The van der Waals surface area contributed by atoms with Crippen LogP contribution in [-0.4, -0.2) is 63.2 Å². The van der Waals surface area contributed by atoms with Gasteiger partial charge in [-0.25, -0.2) is 4.98 Å². The highest BCUT2D eigenvalue weighted by Crippen LogP contribution is 2.17. The van der Waals surface area contributed by atoms with E-state index in [0.717, 1.165) is 31.4 Å². The molecular formula is C18H28F3IN4O3.